The van der Waals surface area contributed by atoms with E-state index in [4.69, 9.17) is 0 Å². The van der Waals surface area contributed by atoms with Crippen molar-refractivity contribution in [2.75, 3.05) is 12.4 Å². The number of aliphatic hydroxyl groups is 1. The number of rotatable bonds is 6. The van der Waals surface area contributed by atoms with Gasteiger partial charge in [0.2, 0.25) is 5.91 Å². The third-order valence-electron chi connectivity index (χ3n) is 2.90. The van der Waals surface area contributed by atoms with Gasteiger partial charge in [0.1, 0.15) is 0 Å². The lowest BCUT2D eigenvalue weighted by Crippen LogP contribution is -2.32. The first kappa shape index (κ1) is 16.1. The predicted molar refractivity (Wildman–Crippen MR) is 89.3 cm³/mol. The summed E-state index contributed by atoms with van der Waals surface area (Å²) in [6.45, 7) is -0.112. The molecule has 0 aliphatic rings. The average molecular weight is 366 g/mol. The third kappa shape index (κ3) is 5.19. The summed E-state index contributed by atoms with van der Waals surface area (Å²) in [7, 11) is 0. The maximum Gasteiger partial charge on any atom is 0.230 e. The summed E-state index contributed by atoms with van der Waals surface area (Å²) in [6, 6.07) is 16.9. The second-order valence-electron chi connectivity index (χ2n) is 4.46. The molecule has 5 heteroatoms. The van der Waals surface area contributed by atoms with E-state index in [0.29, 0.717) is 5.75 Å². The monoisotopic (exact) mass is 365 g/mol. The van der Waals surface area contributed by atoms with E-state index < -0.39 is 0 Å². The highest BCUT2D eigenvalue weighted by Gasteiger charge is 2.13. The predicted octanol–water partition coefficient (Wildman–Crippen LogP) is 3.39. The summed E-state index contributed by atoms with van der Waals surface area (Å²) >= 11 is 4.85. The molecule has 0 radical (unpaired) electrons. The van der Waals surface area contributed by atoms with Crippen LogP contribution in [0.3, 0.4) is 0 Å². The standard InChI is InChI=1S/C16H16BrNO2S/c17-13-6-8-14(9-7-13)21-11-16(20)18-15(10-19)12-4-2-1-3-5-12/h1-9,15,19H,10-11H2,(H,18,20). The number of nitrogens with one attached hydrogen (secondary N) is 1. The van der Waals surface area contributed by atoms with E-state index in [2.05, 4.69) is 21.2 Å². The first-order chi connectivity index (χ1) is 10.2. The van der Waals surface area contributed by atoms with Crippen LogP contribution < -0.4 is 5.32 Å². The number of hydrogen-bond donors (Lipinski definition) is 2. The van der Waals surface area contributed by atoms with Gasteiger partial charge in [-0.05, 0) is 29.8 Å². The van der Waals surface area contributed by atoms with Crippen molar-refractivity contribution < 1.29 is 9.90 Å². The maximum atomic E-state index is 12.0. The molecule has 0 fully saturated rings. The number of hydrogen-bond acceptors (Lipinski definition) is 3. The van der Waals surface area contributed by atoms with E-state index in [0.717, 1.165) is 14.9 Å². The molecular formula is C16H16BrNO2S. The summed E-state index contributed by atoms with van der Waals surface area (Å²) in [5.41, 5.74) is 0.905. The molecule has 2 aromatic carbocycles. The van der Waals surface area contributed by atoms with Crippen molar-refractivity contribution in [2.24, 2.45) is 0 Å². The molecule has 1 unspecified atom stereocenters. The molecule has 2 rings (SSSR count). The summed E-state index contributed by atoms with van der Waals surface area (Å²) < 4.78 is 1.01. The lowest BCUT2D eigenvalue weighted by molar-refractivity contribution is -0.119. The lowest BCUT2D eigenvalue weighted by Gasteiger charge is -2.16. The van der Waals surface area contributed by atoms with E-state index in [-0.39, 0.29) is 18.6 Å². The zero-order valence-electron chi connectivity index (χ0n) is 11.3. The first-order valence-corrected chi connectivity index (χ1v) is 8.30. The fourth-order valence-corrected chi connectivity index (χ4v) is 2.81. The van der Waals surface area contributed by atoms with Gasteiger partial charge in [-0.2, -0.15) is 0 Å². The van der Waals surface area contributed by atoms with Crippen molar-refractivity contribution in [1.29, 1.82) is 0 Å². The van der Waals surface area contributed by atoms with Crippen molar-refractivity contribution >= 4 is 33.6 Å². The van der Waals surface area contributed by atoms with Gasteiger partial charge >= 0.3 is 0 Å². The van der Waals surface area contributed by atoms with E-state index in [1.165, 1.54) is 11.8 Å². The van der Waals surface area contributed by atoms with Crippen molar-refractivity contribution in [2.45, 2.75) is 10.9 Å². The summed E-state index contributed by atoms with van der Waals surface area (Å²) in [5.74, 6) is 0.233. The van der Waals surface area contributed by atoms with Crippen molar-refractivity contribution in [3.8, 4) is 0 Å². The van der Waals surface area contributed by atoms with Gasteiger partial charge in [-0.3, -0.25) is 4.79 Å². The molecule has 0 saturated carbocycles. The van der Waals surface area contributed by atoms with Gasteiger partial charge in [-0.15, -0.1) is 11.8 Å². The highest BCUT2D eigenvalue weighted by atomic mass is 79.9. The molecule has 21 heavy (non-hydrogen) atoms. The molecule has 1 atom stereocenters. The Kier molecular flexibility index (Phi) is 6.29. The van der Waals surface area contributed by atoms with Gasteiger partial charge in [-0.1, -0.05) is 46.3 Å². The number of amides is 1. The van der Waals surface area contributed by atoms with Gasteiger partial charge in [0, 0.05) is 9.37 Å². The van der Waals surface area contributed by atoms with Crippen molar-refractivity contribution in [3.05, 3.63) is 64.6 Å². The van der Waals surface area contributed by atoms with Crippen LogP contribution in [-0.2, 0) is 4.79 Å². The Labute approximate surface area is 136 Å². The largest absolute Gasteiger partial charge is 0.394 e. The van der Waals surface area contributed by atoms with E-state index in [9.17, 15) is 9.90 Å². The number of benzene rings is 2. The summed E-state index contributed by atoms with van der Waals surface area (Å²) in [5, 5.41) is 12.3. The Bertz CT molecular complexity index is 575. The minimum Gasteiger partial charge on any atom is -0.394 e. The number of carbonyl (C=O) groups is 1. The molecule has 0 aromatic heterocycles. The van der Waals surface area contributed by atoms with Crippen LogP contribution in [0, 0.1) is 0 Å². The molecule has 2 aromatic rings. The second-order valence-corrected chi connectivity index (χ2v) is 6.42. The molecule has 0 aliphatic heterocycles. The number of thioether (sulfide) groups is 1. The zero-order valence-corrected chi connectivity index (χ0v) is 13.7. The lowest BCUT2D eigenvalue weighted by atomic mass is 10.1. The maximum absolute atomic E-state index is 12.0. The van der Waals surface area contributed by atoms with Crippen LogP contribution in [0.2, 0.25) is 0 Å². The van der Waals surface area contributed by atoms with E-state index in [1.54, 1.807) is 0 Å². The van der Waals surface area contributed by atoms with Crippen LogP contribution in [0.25, 0.3) is 0 Å². The smallest absolute Gasteiger partial charge is 0.230 e. The molecule has 0 saturated heterocycles. The average Bonchev–Trinajstić information content (AvgIpc) is 2.53. The molecule has 0 heterocycles. The fraction of sp³-hybridized carbons (Fsp3) is 0.188. The highest BCUT2D eigenvalue weighted by Crippen LogP contribution is 2.20. The normalized spacial score (nSPS) is 11.9. The highest BCUT2D eigenvalue weighted by molar-refractivity contribution is 9.10. The molecular weight excluding hydrogens is 350 g/mol. The quantitative estimate of drug-likeness (QED) is 0.771. The van der Waals surface area contributed by atoms with Crippen molar-refractivity contribution in [1.82, 2.24) is 5.32 Å². The minimum atomic E-state index is -0.357. The Morgan fingerprint density at radius 2 is 1.81 bits per heavy atom. The summed E-state index contributed by atoms with van der Waals surface area (Å²) in [6.07, 6.45) is 0. The molecule has 2 N–H and O–H groups in total. The Morgan fingerprint density at radius 1 is 1.14 bits per heavy atom. The van der Waals surface area contributed by atoms with Crippen LogP contribution in [0.1, 0.15) is 11.6 Å². The Morgan fingerprint density at radius 3 is 2.43 bits per heavy atom. The molecule has 0 bridgehead atoms. The zero-order chi connectivity index (χ0) is 15.1. The van der Waals surface area contributed by atoms with Gasteiger partial charge in [0.05, 0.1) is 18.4 Å². The first-order valence-electron chi connectivity index (χ1n) is 6.52. The minimum absolute atomic E-state index is 0.0918. The van der Waals surface area contributed by atoms with Crippen LogP contribution in [-0.4, -0.2) is 23.4 Å². The van der Waals surface area contributed by atoms with Gasteiger partial charge in [0.15, 0.2) is 0 Å². The van der Waals surface area contributed by atoms with Gasteiger partial charge in [0.25, 0.3) is 0 Å². The van der Waals surface area contributed by atoms with E-state index >= 15 is 0 Å². The third-order valence-corrected chi connectivity index (χ3v) is 4.44. The van der Waals surface area contributed by atoms with Crippen LogP contribution >= 0.6 is 27.7 Å². The SMILES string of the molecule is O=C(CSc1ccc(Br)cc1)NC(CO)c1ccccc1. The second kappa shape index (κ2) is 8.22. The number of aliphatic hydroxyl groups excluding tert-OH is 1. The molecule has 0 spiro atoms. The van der Waals surface area contributed by atoms with Crippen LogP contribution in [0.15, 0.2) is 64.0 Å². The van der Waals surface area contributed by atoms with Crippen LogP contribution in [0.4, 0.5) is 0 Å². The van der Waals surface area contributed by atoms with E-state index in [1.807, 2.05) is 54.6 Å². The fourth-order valence-electron chi connectivity index (χ4n) is 1.84. The summed E-state index contributed by atoms with van der Waals surface area (Å²) in [4.78, 5) is 13.0. The Hall–Kier alpha value is -1.30. The number of carbonyl (C=O) groups excluding carboxylic acids is 1. The topological polar surface area (TPSA) is 49.3 Å². The van der Waals surface area contributed by atoms with Crippen molar-refractivity contribution in [3.63, 3.8) is 0 Å². The van der Waals surface area contributed by atoms with Gasteiger partial charge in [-0.25, -0.2) is 0 Å². The molecule has 110 valence electrons. The molecule has 0 aliphatic carbocycles. The van der Waals surface area contributed by atoms with Gasteiger partial charge < -0.3 is 10.4 Å². The molecule has 1 amide bonds. The molecule has 3 nitrogen and oxygen atoms in total. The van der Waals surface area contributed by atoms with Crippen LogP contribution in [0.5, 0.6) is 0 Å². The Balaban J connectivity index is 1.87. The number of halogens is 1.